The molecule has 0 aliphatic rings. The maximum atomic E-state index is 10.8. The average molecular weight is 190 g/mol. The van der Waals surface area contributed by atoms with Crippen molar-refractivity contribution in [2.24, 2.45) is 0 Å². The van der Waals surface area contributed by atoms with Gasteiger partial charge in [0.2, 0.25) is 0 Å². The fourth-order valence-corrected chi connectivity index (χ4v) is 1.11. The van der Waals surface area contributed by atoms with Crippen molar-refractivity contribution in [3.8, 4) is 11.5 Å². The Morgan fingerprint density at radius 1 is 1.36 bits per heavy atom. The Bertz CT molecular complexity index is 451. The Kier molecular flexibility index (Phi) is 1.98. The molecule has 0 amide bonds. The van der Waals surface area contributed by atoms with Crippen LogP contribution in [-0.4, -0.2) is 21.2 Å². The molecular formula is C9H6N2O3. The summed E-state index contributed by atoms with van der Waals surface area (Å²) in [7, 11) is 0. The molecule has 14 heavy (non-hydrogen) atoms. The molecule has 0 aliphatic heterocycles. The van der Waals surface area contributed by atoms with Gasteiger partial charge in [0, 0.05) is 12.3 Å². The lowest BCUT2D eigenvalue weighted by molar-refractivity contribution is 0.0697. The summed E-state index contributed by atoms with van der Waals surface area (Å²) in [6, 6.07) is 4.59. The number of nitrogens with zero attached hydrogens (tertiary/aromatic N) is 2. The van der Waals surface area contributed by atoms with E-state index in [1.165, 1.54) is 18.5 Å². The Morgan fingerprint density at radius 3 is 2.86 bits per heavy atom. The Balaban J connectivity index is 2.58. The molecule has 5 heteroatoms. The second-order valence-electron chi connectivity index (χ2n) is 2.58. The standard InChI is InChI=1S/C9H6N2O3/c12-9(13)6-2-1-4-10-8(6)7-3-5-11-14-7/h1-5H,(H,12,13). The van der Waals surface area contributed by atoms with Crippen LogP contribution in [0.3, 0.4) is 0 Å². The lowest BCUT2D eigenvalue weighted by Crippen LogP contribution is -2.00. The van der Waals surface area contributed by atoms with E-state index in [0.29, 0.717) is 5.76 Å². The topological polar surface area (TPSA) is 76.2 Å². The molecule has 1 N–H and O–H groups in total. The van der Waals surface area contributed by atoms with E-state index in [1.807, 2.05) is 0 Å². The minimum atomic E-state index is -1.04. The first kappa shape index (κ1) is 8.43. The molecule has 0 aliphatic carbocycles. The van der Waals surface area contributed by atoms with Crippen LogP contribution < -0.4 is 0 Å². The first-order valence-electron chi connectivity index (χ1n) is 3.88. The van der Waals surface area contributed by atoms with E-state index in [4.69, 9.17) is 9.63 Å². The molecule has 0 aromatic carbocycles. The predicted octanol–water partition coefficient (Wildman–Crippen LogP) is 1.43. The van der Waals surface area contributed by atoms with Crippen molar-refractivity contribution < 1.29 is 14.4 Å². The molecule has 0 radical (unpaired) electrons. The third kappa shape index (κ3) is 1.35. The highest BCUT2D eigenvalue weighted by Gasteiger charge is 2.14. The third-order valence-electron chi connectivity index (χ3n) is 1.71. The van der Waals surface area contributed by atoms with Crippen molar-refractivity contribution in [1.29, 1.82) is 0 Å². The summed E-state index contributed by atoms with van der Waals surface area (Å²) in [4.78, 5) is 14.7. The van der Waals surface area contributed by atoms with E-state index < -0.39 is 5.97 Å². The number of hydrogen-bond donors (Lipinski definition) is 1. The summed E-state index contributed by atoms with van der Waals surface area (Å²) in [5.74, 6) is -0.687. The van der Waals surface area contributed by atoms with Crippen molar-refractivity contribution in [2.45, 2.75) is 0 Å². The summed E-state index contributed by atoms with van der Waals surface area (Å²) >= 11 is 0. The van der Waals surface area contributed by atoms with Gasteiger partial charge < -0.3 is 9.63 Å². The van der Waals surface area contributed by atoms with Gasteiger partial charge in [-0.2, -0.15) is 0 Å². The van der Waals surface area contributed by atoms with E-state index in [1.54, 1.807) is 12.1 Å². The number of aromatic nitrogens is 2. The van der Waals surface area contributed by atoms with Crippen molar-refractivity contribution in [1.82, 2.24) is 10.1 Å². The SMILES string of the molecule is O=C(O)c1cccnc1-c1ccno1. The number of carboxylic acids is 1. The molecule has 0 fully saturated rings. The zero-order valence-corrected chi connectivity index (χ0v) is 7.04. The molecule has 0 saturated heterocycles. The molecule has 5 nitrogen and oxygen atoms in total. The fraction of sp³-hybridized carbons (Fsp3) is 0. The van der Waals surface area contributed by atoms with Gasteiger partial charge in [-0.05, 0) is 12.1 Å². The molecule has 2 aromatic heterocycles. The van der Waals surface area contributed by atoms with Crippen LogP contribution in [0.5, 0.6) is 0 Å². The van der Waals surface area contributed by atoms with Gasteiger partial charge in [0.15, 0.2) is 5.76 Å². The van der Waals surface area contributed by atoms with Gasteiger partial charge in [0.25, 0.3) is 0 Å². The highest BCUT2D eigenvalue weighted by molar-refractivity contribution is 5.93. The van der Waals surface area contributed by atoms with Gasteiger partial charge in [-0.3, -0.25) is 4.98 Å². The smallest absolute Gasteiger partial charge is 0.338 e. The highest BCUT2D eigenvalue weighted by Crippen LogP contribution is 2.19. The van der Waals surface area contributed by atoms with Crippen molar-refractivity contribution in [2.75, 3.05) is 0 Å². The summed E-state index contributed by atoms with van der Waals surface area (Å²) < 4.78 is 4.83. The molecule has 0 spiro atoms. The van der Waals surface area contributed by atoms with Gasteiger partial charge in [-0.15, -0.1) is 0 Å². The minimum absolute atomic E-state index is 0.101. The summed E-state index contributed by atoms with van der Waals surface area (Å²) in [5, 5.41) is 12.4. The third-order valence-corrected chi connectivity index (χ3v) is 1.71. The first-order chi connectivity index (χ1) is 6.79. The molecule has 0 atom stereocenters. The van der Waals surface area contributed by atoms with Crippen LogP contribution in [0.25, 0.3) is 11.5 Å². The molecule has 2 heterocycles. The van der Waals surface area contributed by atoms with Gasteiger partial charge in [0.1, 0.15) is 5.69 Å². The largest absolute Gasteiger partial charge is 0.478 e. The number of carboxylic acid groups (broad SMARTS) is 1. The van der Waals surface area contributed by atoms with Crippen LogP contribution in [0.15, 0.2) is 35.1 Å². The second kappa shape index (κ2) is 3.29. The Labute approximate surface area is 79.0 Å². The highest BCUT2D eigenvalue weighted by atomic mass is 16.5. The van der Waals surface area contributed by atoms with Crippen LogP contribution in [0.2, 0.25) is 0 Å². The van der Waals surface area contributed by atoms with Crippen LogP contribution in [0, 0.1) is 0 Å². The molecule has 2 rings (SSSR count). The number of pyridine rings is 1. The van der Waals surface area contributed by atoms with E-state index in [0.717, 1.165) is 0 Å². The number of rotatable bonds is 2. The molecule has 0 bridgehead atoms. The van der Waals surface area contributed by atoms with Crippen molar-refractivity contribution in [3.63, 3.8) is 0 Å². The first-order valence-corrected chi connectivity index (χ1v) is 3.88. The normalized spacial score (nSPS) is 10.0. The molecule has 0 unspecified atom stereocenters. The molecule has 2 aromatic rings. The van der Waals surface area contributed by atoms with Crippen LogP contribution in [0.4, 0.5) is 0 Å². The zero-order chi connectivity index (χ0) is 9.97. The molecule has 0 saturated carbocycles. The Morgan fingerprint density at radius 2 is 2.21 bits per heavy atom. The molecular weight excluding hydrogens is 184 g/mol. The van der Waals surface area contributed by atoms with Crippen LogP contribution in [0.1, 0.15) is 10.4 Å². The van der Waals surface area contributed by atoms with E-state index >= 15 is 0 Å². The fourth-order valence-electron chi connectivity index (χ4n) is 1.11. The second-order valence-corrected chi connectivity index (χ2v) is 2.58. The maximum Gasteiger partial charge on any atom is 0.338 e. The summed E-state index contributed by atoms with van der Waals surface area (Å²) in [6.07, 6.45) is 2.94. The van der Waals surface area contributed by atoms with Gasteiger partial charge >= 0.3 is 5.97 Å². The number of aromatic carboxylic acids is 1. The van der Waals surface area contributed by atoms with E-state index in [2.05, 4.69) is 10.1 Å². The predicted molar refractivity (Wildman–Crippen MR) is 46.7 cm³/mol. The Hall–Kier alpha value is -2.17. The minimum Gasteiger partial charge on any atom is -0.478 e. The quantitative estimate of drug-likeness (QED) is 0.775. The number of carbonyl (C=O) groups is 1. The van der Waals surface area contributed by atoms with Crippen molar-refractivity contribution in [3.05, 3.63) is 36.2 Å². The summed E-state index contributed by atoms with van der Waals surface area (Å²) in [6.45, 7) is 0. The van der Waals surface area contributed by atoms with E-state index in [-0.39, 0.29) is 11.3 Å². The average Bonchev–Trinajstić information content (AvgIpc) is 2.70. The zero-order valence-electron chi connectivity index (χ0n) is 7.04. The molecule has 70 valence electrons. The lowest BCUT2D eigenvalue weighted by Gasteiger charge is -1.99. The van der Waals surface area contributed by atoms with Gasteiger partial charge in [-0.1, -0.05) is 5.16 Å². The number of hydrogen-bond acceptors (Lipinski definition) is 4. The summed E-state index contributed by atoms with van der Waals surface area (Å²) in [5.41, 5.74) is 0.391. The van der Waals surface area contributed by atoms with Crippen LogP contribution >= 0.6 is 0 Å². The maximum absolute atomic E-state index is 10.8. The van der Waals surface area contributed by atoms with Gasteiger partial charge in [0.05, 0.1) is 11.8 Å². The lowest BCUT2D eigenvalue weighted by atomic mass is 10.1. The van der Waals surface area contributed by atoms with E-state index in [9.17, 15) is 4.79 Å². The van der Waals surface area contributed by atoms with Crippen LogP contribution in [-0.2, 0) is 0 Å². The van der Waals surface area contributed by atoms with Gasteiger partial charge in [-0.25, -0.2) is 4.79 Å². The monoisotopic (exact) mass is 190 g/mol. The van der Waals surface area contributed by atoms with Crippen molar-refractivity contribution >= 4 is 5.97 Å².